The van der Waals surface area contributed by atoms with Crippen LogP contribution in [0.2, 0.25) is 0 Å². The minimum absolute atomic E-state index is 0. The molecule has 0 unspecified atom stereocenters. The Morgan fingerprint density at radius 3 is 0.810 bits per heavy atom. The molecular weight excluding hydrogens is 252 g/mol. The van der Waals surface area contributed by atoms with Crippen LogP contribution in [-0.4, -0.2) is 0 Å². The van der Waals surface area contributed by atoms with Gasteiger partial charge in [0.15, 0.2) is 0 Å². The van der Waals surface area contributed by atoms with Crippen molar-refractivity contribution in [1.29, 1.82) is 0 Å². The highest BCUT2D eigenvalue weighted by molar-refractivity contribution is 5.63. The van der Waals surface area contributed by atoms with E-state index in [1.54, 1.807) is 0 Å². The number of benzene rings is 2. The lowest BCUT2D eigenvalue weighted by molar-refractivity contribution is 1.45. The van der Waals surface area contributed by atoms with E-state index in [1.165, 1.54) is 22.3 Å². The Morgan fingerprint density at radius 1 is 0.429 bits per heavy atom. The molecule has 0 radical (unpaired) electrons. The molecule has 0 heterocycles. The highest BCUT2D eigenvalue weighted by atomic mass is 14.0. The predicted molar refractivity (Wildman–Crippen MR) is 102 cm³/mol. The molecule has 0 aliphatic rings. The van der Waals surface area contributed by atoms with Gasteiger partial charge in [-0.15, -0.1) is 0 Å². The van der Waals surface area contributed by atoms with E-state index in [9.17, 15) is 0 Å². The molecule has 0 atom stereocenters. The molecule has 2 rings (SSSR count). The first-order valence-electron chi connectivity index (χ1n) is 7.89. The Kier molecular flexibility index (Phi) is 19.2. The van der Waals surface area contributed by atoms with Crippen molar-refractivity contribution in [3.05, 3.63) is 59.7 Å². The van der Waals surface area contributed by atoms with Gasteiger partial charge in [0, 0.05) is 0 Å². The van der Waals surface area contributed by atoms with E-state index in [0.717, 1.165) is 0 Å². The second-order valence-electron chi connectivity index (χ2n) is 3.73. The van der Waals surface area contributed by atoms with Gasteiger partial charge in [-0.3, -0.25) is 0 Å². The lowest BCUT2D eigenvalue weighted by atomic mass is 10.0. The molecule has 0 bridgehead atoms. The summed E-state index contributed by atoms with van der Waals surface area (Å²) < 4.78 is 0. The van der Waals surface area contributed by atoms with Crippen molar-refractivity contribution in [2.24, 2.45) is 0 Å². The Bertz CT molecular complexity index is 363. The van der Waals surface area contributed by atoms with Gasteiger partial charge in [0.25, 0.3) is 0 Å². The third-order valence-corrected chi connectivity index (χ3v) is 2.44. The van der Waals surface area contributed by atoms with Crippen molar-refractivity contribution in [3.8, 4) is 11.1 Å². The summed E-state index contributed by atoms with van der Waals surface area (Å²) in [6, 6.07) is 17.3. The molecule has 0 saturated heterocycles. The Morgan fingerprint density at radius 2 is 0.619 bits per heavy atom. The van der Waals surface area contributed by atoms with Crippen molar-refractivity contribution < 1.29 is 0 Å². The number of hydrogen-bond acceptors (Lipinski definition) is 0. The molecule has 0 N–H and O–H groups in total. The number of aryl methyl sites for hydroxylation is 2. The first-order valence-corrected chi connectivity index (χ1v) is 7.89. The lowest BCUT2D eigenvalue weighted by Crippen LogP contribution is -1.78. The van der Waals surface area contributed by atoms with Crippen LogP contribution >= 0.6 is 0 Å². The van der Waals surface area contributed by atoms with Gasteiger partial charge < -0.3 is 0 Å². The van der Waals surface area contributed by atoms with Crippen LogP contribution in [0.15, 0.2) is 48.5 Å². The van der Waals surface area contributed by atoms with Crippen molar-refractivity contribution in [1.82, 2.24) is 0 Å². The van der Waals surface area contributed by atoms with E-state index in [0.29, 0.717) is 0 Å². The summed E-state index contributed by atoms with van der Waals surface area (Å²) in [6.45, 7) is 16.2. The van der Waals surface area contributed by atoms with Gasteiger partial charge in [0.1, 0.15) is 0 Å². The summed E-state index contributed by atoms with van der Waals surface area (Å²) in [5.41, 5.74) is 5.19. The normalized spacial score (nSPS) is 7.62. The molecule has 2 aromatic rings. The van der Waals surface area contributed by atoms with Crippen molar-refractivity contribution in [2.45, 2.75) is 62.8 Å². The molecule has 0 aliphatic heterocycles. The van der Waals surface area contributed by atoms with Gasteiger partial charge in [0.05, 0.1) is 0 Å². The van der Waals surface area contributed by atoms with Crippen LogP contribution in [-0.2, 0) is 0 Å². The van der Waals surface area contributed by atoms with Crippen LogP contribution in [0.5, 0.6) is 0 Å². The zero-order chi connectivity index (χ0) is 16.0. The van der Waals surface area contributed by atoms with Gasteiger partial charge >= 0.3 is 0 Å². The lowest BCUT2D eigenvalue weighted by Gasteiger charge is -2.02. The minimum Gasteiger partial charge on any atom is -0.0776 e. The summed E-state index contributed by atoms with van der Waals surface area (Å²) in [4.78, 5) is 0. The van der Waals surface area contributed by atoms with Crippen LogP contribution in [0.3, 0.4) is 0 Å². The highest BCUT2D eigenvalue weighted by Gasteiger charge is 1.95. The molecule has 0 spiro atoms. The molecule has 0 heteroatoms. The first kappa shape index (κ1) is 24.5. The fraction of sp³-hybridized carbons (Fsp3) is 0.429. The molecular formula is C21H36. The fourth-order valence-corrected chi connectivity index (χ4v) is 1.49. The minimum atomic E-state index is 0. The van der Waals surface area contributed by atoms with Crippen LogP contribution in [0.4, 0.5) is 0 Å². The second-order valence-corrected chi connectivity index (χ2v) is 3.73. The smallest absolute Gasteiger partial charge is 0.0184 e. The zero-order valence-corrected chi connectivity index (χ0v) is 14.6. The van der Waals surface area contributed by atoms with Gasteiger partial charge in [-0.05, 0) is 25.0 Å². The molecule has 0 fully saturated rings. The number of hydrogen-bond donors (Lipinski definition) is 0. The van der Waals surface area contributed by atoms with Gasteiger partial charge in [0.2, 0.25) is 0 Å². The maximum absolute atomic E-state index is 2.17. The van der Waals surface area contributed by atoms with Crippen LogP contribution in [0.25, 0.3) is 11.1 Å². The summed E-state index contributed by atoms with van der Waals surface area (Å²) >= 11 is 0. The summed E-state index contributed by atoms with van der Waals surface area (Å²) in [6.07, 6.45) is 0. The molecule has 120 valence electrons. The quantitative estimate of drug-likeness (QED) is 0.504. The maximum Gasteiger partial charge on any atom is -0.0184 e. The monoisotopic (exact) mass is 288 g/mol. The molecule has 0 amide bonds. The van der Waals surface area contributed by atoms with Crippen LogP contribution in [0, 0.1) is 13.8 Å². The largest absolute Gasteiger partial charge is 0.0776 e. The topological polar surface area (TPSA) is 0 Å². The standard InChI is InChI=1S/C14H14.3C2H6.CH4/c1-11-3-7-13(8-4-11)14-9-5-12(2)6-10-14;3*1-2;/h3-10H,1-2H3;3*1-2H3;1H4. The summed E-state index contributed by atoms with van der Waals surface area (Å²) in [5.74, 6) is 0. The van der Waals surface area contributed by atoms with Crippen molar-refractivity contribution in [3.63, 3.8) is 0 Å². The second kappa shape index (κ2) is 16.5. The average molecular weight is 289 g/mol. The molecule has 21 heavy (non-hydrogen) atoms. The van der Waals surface area contributed by atoms with Crippen LogP contribution < -0.4 is 0 Å². The summed E-state index contributed by atoms with van der Waals surface area (Å²) in [5, 5.41) is 0. The third-order valence-electron chi connectivity index (χ3n) is 2.44. The Hall–Kier alpha value is -1.56. The van der Waals surface area contributed by atoms with E-state index < -0.39 is 0 Å². The van der Waals surface area contributed by atoms with E-state index in [-0.39, 0.29) is 7.43 Å². The van der Waals surface area contributed by atoms with E-state index in [1.807, 2.05) is 41.5 Å². The van der Waals surface area contributed by atoms with Gasteiger partial charge in [-0.25, -0.2) is 0 Å². The fourth-order valence-electron chi connectivity index (χ4n) is 1.49. The van der Waals surface area contributed by atoms with E-state index in [4.69, 9.17) is 0 Å². The molecule has 2 aromatic carbocycles. The van der Waals surface area contributed by atoms with Crippen molar-refractivity contribution >= 4 is 0 Å². The van der Waals surface area contributed by atoms with Crippen molar-refractivity contribution in [2.75, 3.05) is 0 Å². The van der Waals surface area contributed by atoms with E-state index >= 15 is 0 Å². The number of rotatable bonds is 1. The maximum atomic E-state index is 2.17. The molecule has 0 saturated carbocycles. The highest BCUT2D eigenvalue weighted by Crippen LogP contribution is 2.19. The predicted octanol–water partition coefficient (Wildman–Crippen LogP) is 7.69. The zero-order valence-electron chi connectivity index (χ0n) is 14.6. The Balaban J connectivity index is -0.000000414. The molecule has 0 aliphatic carbocycles. The Labute approximate surface area is 134 Å². The molecule has 0 nitrogen and oxygen atoms in total. The van der Waals surface area contributed by atoms with Crippen LogP contribution in [0.1, 0.15) is 60.1 Å². The third kappa shape index (κ3) is 9.90. The van der Waals surface area contributed by atoms with Gasteiger partial charge in [-0.1, -0.05) is 109 Å². The summed E-state index contributed by atoms with van der Waals surface area (Å²) in [7, 11) is 0. The average Bonchev–Trinajstić information content (AvgIpc) is 2.55. The van der Waals surface area contributed by atoms with Gasteiger partial charge in [-0.2, -0.15) is 0 Å². The SMILES string of the molecule is C.CC.CC.CC.Cc1ccc(-c2ccc(C)cc2)cc1. The first-order chi connectivity index (χ1) is 9.75. The van der Waals surface area contributed by atoms with E-state index in [2.05, 4.69) is 62.4 Å². The molecule has 0 aromatic heterocycles.